The number of hydrogen-bond donors (Lipinski definition) is 0. The zero-order valence-corrected chi connectivity index (χ0v) is 17.6. The molecule has 2 aliphatic rings. The Bertz CT molecular complexity index is 650. The number of rotatable bonds is 6. The minimum absolute atomic E-state index is 0.204. The Morgan fingerprint density at radius 2 is 2.08 bits per heavy atom. The summed E-state index contributed by atoms with van der Waals surface area (Å²) in [6.45, 7) is 2.56. The molecule has 2 fully saturated rings. The summed E-state index contributed by atoms with van der Waals surface area (Å²) >= 11 is 4.81. The van der Waals surface area contributed by atoms with Crippen molar-refractivity contribution in [3.8, 4) is 0 Å². The number of ether oxygens (including phenoxy) is 1. The van der Waals surface area contributed by atoms with E-state index in [1.807, 2.05) is 6.92 Å². The van der Waals surface area contributed by atoms with Crippen molar-refractivity contribution in [2.45, 2.75) is 68.8 Å². The molecule has 1 saturated heterocycles. The number of carbonyl (C=O) groups is 2. The Morgan fingerprint density at radius 1 is 1.35 bits per heavy atom. The van der Waals surface area contributed by atoms with Crippen LogP contribution in [0.25, 0.3) is 0 Å². The van der Waals surface area contributed by atoms with Gasteiger partial charge in [0.25, 0.3) is 0 Å². The number of nitrogens with zero attached hydrogens (tertiary/aromatic N) is 4. The number of carbonyl (C=O) groups excluding carboxylic acids is 2. The third kappa shape index (κ3) is 4.19. The third-order valence-electron chi connectivity index (χ3n) is 4.92. The van der Waals surface area contributed by atoms with Crippen LogP contribution < -0.4 is 4.90 Å². The lowest BCUT2D eigenvalue weighted by molar-refractivity contribution is -0.148. The van der Waals surface area contributed by atoms with E-state index in [9.17, 15) is 9.59 Å². The highest BCUT2D eigenvalue weighted by Gasteiger charge is 2.38. The number of halogens is 1. The predicted molar refractivity (Wildman–Crippen MR) is 104 cm³/mol. The van der Waals surface area contributed by atoms with Crippen molar-refractivity contribution in [2.75, 3.05) is 18.5 Å². The number of anilines is 1. The summed E-state index contributed by atoms with van der Waals surface area (Å²) in [6, 6.07) is -0.204. The first-order valence-electron chi connectivity index (χ1n) is 9.23. The minimum atomic E-state index is -0.632. The molecule has 1 aliphatic carbocycles. The predicted octanol–water partition coefficient (Wildman–Crippen LogP) is 3.89. The van der Waals surface area contributed by atoms with E-state index in [2.05, 4.69) is 26.1 Å². The summed E-state index contributed by atoms with van der Waals surface area (Å²) < 4.78 is 5.66. The summed E-state index contributed by atoms with van der Waals surface area (Å²) in [4.78, 5) is 27.8. The second-order valence-electron chi connectivity index (χ2n) is 6.91. The van der Waals surface area contributed by atoms with Crippen molar-refractivity contribution >= 4 is 44.4 Å². The van der Waals surface area contributed by atoms with Gasteiger partial charge in [-0.3, -0.25) is 4.79 Å². The van der Waals surface area contributed by atoms with E-state index in [1.165, 1.54) is 29.1 Å². The van der Waals surface area contributed by atoms with Gasteiger partial charge in [-0.25, -0.2) is 9.69 Å². The highest BCUT2D eigenvalue weighted by molar-refractivity contribution is 9.10. The maximum atomic E-state index is 12.7. The van der Waals surface area contributed by atoms with E-state index >= 15 is 0 Å². The van der Waals surface area contributed by atoms with Gasteiger partial charge in [-0.1, -0.05) is 53.5 Å². The molecule has 2 unspecified atom stereocenters. The molecule has 144 valence electrons. The highest BCUT2D eigenvalue weighted by atomic mass is 79.9. The molecule has 1 saturated carbocycles. The third-order valence-corrected chi connectivity index (χ3v) is 6.84. The van der Waals surface area contributed by atoms with Crippen LogP contribution in [0.5, 0.6) is 0 Å². The molecule has 3 rings (SSSR count). The maximum Gasteiger partial charge on any atom is 0.329 e. The van der Waals surface area contributed by atoms with Crippen LogP contribution in [0.1, 0.15) is 62.8 Å². The first-order chi connectivity index (χ1) is 12.5. The lowest BCUT2D eigenvalue weighted by Gasteiger charge is -2.37. The number of aromatic nitrogens is 2. The Hall–Kier alpha value is -1.22. The van der Waals surface area contributed by atoms with E-state index < -0.39 is 6.23 Å². The van der Waals surface area contributed by atoms with Gasteiger partial charge in [-0.2, -0.15) is 0 Å². The van der Waals surface area contributed by atoms with Crippen molar-refractivity contribution in [3.05, 3.63) is 5.01 Å². The number of hydrogen-bond acceptors (Lipinski definition) is 6. The van der Waals surface area contributed by atoms with Crippen LogP contribution in [0.2, 0.25) is 0 Å². The quantitative estimate of drug-likeness (QED) is 0.491. The number of alkyl halides is 1. The zero-order chi connectivity index (χ0) is 18.7. The molecule has 1 aromatic heterocycles. The SMILES string of the molecule is CCCC(Br)C(=O)OC1CCN(C)C(=O)N1c1nnc(C2CCCC2)s1. The van der Waals surface area contributed by atoms with Crippen molar-refractivity contribution in [1.82, 2.24) is 15.1 Å². The van der Waals surface area contributed by atoms with E-state index in [1.54, 1.807) is 11.9 Å². The molecule has 2 heterocycles. The van der Waals surface area contributed by atoms with Crippen molar-refractivity contribution in [1.29, 1.82) is 0 Å². The normalized spacial score (nSPS) is 22.7. The molecule has 0 spiro atoms. The second-order valence-corrected chi connectivity index (χ2v) is 9.01. The average Bonchev–Trinajstić information content (AvgIpc) is 3.29. The molecular formula is C17H25BrN4O3S. The molecule has 2 atom stereocenters. The van der Waals surface area contributed by atoms with E-state index in [0.29, 0.717) is 30.4 Å². The summed E-state index contributed by atoms with van der Waals surface area (Å²) in [7, 11) is 1.75. The summed E-state index contributed by atoms with van der Waals surface area (Å²) in [6.07, 6.45) is 6.19. The fourth-order valence-corrected chi connectivity index (χ4v) is 5.01. The van der Waals surface area contributed by atoms with Gasteiger partial charge >= 0.3 is 12.0 Å². The Labute approximate surface area is 166 Å². The van der Waals surface area contributed by atoms with E-state index in [-0.39, 0.29) is 16.8 Å². The van der Waals surface area contributed by atoms with Crippen LogP contribution in [0.3, 0.4) is 0 Å². The summed E-state index contributed by atoms with van der Waals surface area (Å²) in [5, 5.41) is 10.1. The first kappa shape index (κ1) is 19.5. The molecule has 1 aromatic rings. The Morgan fingerprint density at radius 3 is 2.77 bits per heavy atom. The van der Waals surface area contributed by atoms with Gasteiger partial charge in [0.05, 0.1) is 0 Å². The lowest BCUT2D eigenvalue weighted by atomic mass is 10.1. The maximum absolute atomic E-state index is 12.7. The van der Waals surface area contributed by atoms with Gasteiger partial charge in [0.2, 0.25) is 5.13 Å². The van der Waals surface area contributed by atoms with Gasteiger partial charge in [-0.05, 0) is 19.3 Å². The minimum Gasteiger partial charge on any atom is -0.440 e. The number of esters is 1. The second kappa shape index (κ2) is 8.65. The van der Waals surface area contributed by atoms with Gasteiger partial charge in [-0.15, -0.1) is 10.2 Å². The fourth-order valence-electron chi connectivity index (χ4n) is 3.39. The molecule has 0 bridgehead atoms. The molecular weight excluding hydrogens is 420 g/mol. The van der Waals surface area contributed by atoms with Crippen molar-refractivity contribution < 1.29 is 14.3 Å². The van der Waals surface area contributed by atoms with Gasteiger partial charge in [0.15, 0.2) is 6.23 Å². The standard InChI is InChI=1S/C17H25BrN4O3S/c1-3-6-12(18)15(23)25-13-9-10-21(2)17(24)22(13)16-20-19-14(26-16)11-7-4-5-8-11/h11-13H,3-10H2,1-2H3. The van der Waals surface area contributed by atoms with Gasteiger partial charge < -0.3 is 9.64 Å². The van der Waals surface area contributed by atoms with Crippen LogP contribution in [0.15, 0.2) is 0 Å². The largest absolute Gasteiger partial charge is 0.440 e. The first-order valence-corrected chi connectivity index (χ1v) is 11.0. The lowest BCUT2D eigenvalue weighted by Crippen LogP contribution is -2.55. The highest BCUT2D eigenvalue weighted by Crippen LogP contribution is 2.38. The van der Waals surface area contributed by atoms with E-state index in [4.69, 9.17) is 4.74 Å². The summed E-state index contributed by atoms with van der Waals surface area (Å²) in [5.41, 5.74) is 0. The monoisotopic (exact) mass is 444 g/mol. The fraction of sp³-hybridized carbons (Fsp3) is 0.765. The van der Waals surface area contributed by atoms with E-state index in [0.717, 1.165) is 24.3 Å². The molecule has 0 N–H and O–H groups in total. The van der Waals surface area contributed by atoms with Gasteiger partial charge in [0.1, 0.15) is 9.83 Å². The molecule has 0 radical (unpaired) electrons. The van der Waals surface area contributed by atoms with Crippen LogP contribution in [0.4, 0.5) is 9.93 Å². The average molecular weight is 445 g/mol. The smallest absolute Gasteiger partial charge is 0.329 e. The molecule has 26 heavy (non-hydrogen) atoms. The summed E-state index contributed by atoms with van der Waals surface area (Å²) in [5.74, 6) is 0.107. The van der Waals surface area contributed by atoms with Crippen LogP contribution in [-0.4, -0.2) is 51.7 Å². The molecule has 7 nitrogen and oxygen atoms in total. The van der Waals surface area contributed by atoms with Crippen molar-refractivity contribution in [3.63, 3.8) is 0 Å². The Balaban J connectivity index is 1.77. The molecule has 0 aromatic carbocycles. The van der Waals surface area contributed by atoms with Crippen LogP contribution >= 0.6 is 27.3 Å². The molecule has 9 heteroatoms. The topological polar surface area (TPSA) is 75.6 Å². The number of urea groups is 1. The molecule has 1 aliphatic heterocycles. The number of amides is 2. The Kier molecular flexibility index (Phi) is 6.50. The molecule has 2 amide bonds. The van der Waals surface area contributed by atoms with Gasteiger partial charge in [0, 0.05) is 25.9 Å². The van der Waals surface area contributed by atoms with Crippen LogP contribution in [-0.2, 0) is 9.53 Å². The van der Waals surface area contributed by atoms with Crippen molar-refractivity contribution in [2.24, 2.45) is 0 Å². The van der Waals surface area contributed by atoms with Crippen LogP contribution in [0, 0.1) is 0 Å². The zero-order valence-electron chi connectivity index (χ0n) is 15.2.